The lowest BCUT2D eigenvalue weighted by Gasteiger charge is -2.22. The average molecular weight is 299 g/mol. The molecule has 1 N–H and O–H groups in total. The number of aromatic carboxylic acids is 1. The highest BCUT2D eigenvalue weighted by atomic mass is 16.4. The van der Waals surface area contributed by atoms with Gasteiger partial charge in [-0.1, -0.05) is 38.1 Å². The van der Waals surface area contributed by atoms with Crippen LogP contribution in [0.15, 0.2) is 36.4 Å². The van der Waals surface area contributed by atoms with Crippen LogP contribution in [0.1, 0.15) is 47.4 Å². The maximum atomic E-state index is 12.8. The number of hydrogen-bond acceptors (Lipinski definition) is 2. The summed E-state index contributed by atoms with van der Waals surface area (Å²) in [7, 11) is 0. The van der Waals surface area contributed by atoms with Crippen molar-refractivity contribution in [2.24, 2.45) is 0 Å². The first-order valence-corrected chi connectivity index (χ1v) is 7.64. The molecule has 0 aliphatic carbocycles. The molecule has 0 heterocycles. The van der Waals surface area contributed by atoms with E-state index in [0.717, 1.165) is 18.2 Å². The second-order valence-corrected chi connectivity index (χ2v) is 5.31. The van der Waals surface area contributed by atoms with Crippen LogP contribution in [0, 0.1) is 0 Å². The van der Waals surface area contributed by atoms with Gasteiger partial charge < -0.3 is 10.0 Å². The Morgan fingerprint density at radius 1 is 0.955 bits per heavy atom. The molecule has 0 fully saturated rings. The Morgan fingerprint density at radius 3 is 2.00 bits per heavy atom. The first-order chi connectivity index (χ1) is 10.6. The Morgan fingerprint density at radius 2 is 1.50 bits per heavy atom. The average Bonchev–Trinajstić information content (AvgIpc) is 2.52. The summed E-state index contributed by atoms with van der Waals surface area (Å²) in [6, 6.07) is 10.4. The number of carboxylic acid groups (broad SMARTS) is 1. The van der Waals surface area contributed by atoms with Crippen molar-refractivity contribution in [3.8, 4) is 0 Å². The van der Waals surface area contributed by atoms with Crippen LogP contribution >= 0.6 is 0 Å². The lowest BCUT2D eigenvalue weighted by molar-refractivity contribution is 0.0699. The normalized spacial score (nSPS) is 10.6. The van der Waals surface area contributed by atoms with Gasteiger partial charge in [-0.3, -0.25) is 4.79 Å². The van der Waals surface area contributed by atoms with Gasteiger partial charge in [0.2, 0.25) is 0 Å². The molecule has 0 unspecified atom stereocenters. The maximum Gasteiger partial charge on any atom is 0.336 e. The molecule has 0 spiro atoms. The summed E-state index contributed by atoms with van der Waals surface area (Å²) in [6.45, 7) is 5.42. The van der Waals surface area contributed by atoms with E-state index in [1.807, 2.05) is 26.0 Å². The monoisotopic (exact) mass is 299 g/mol. The van der Waals surface area contributed by atoms with Gasteiger partial charge in [0, 0.05) is 24.0 Å². The molecule has 2 aromatic rings. The number of carboxylic acids is 1. The Hall–Kier alpha value is -2.36. The summed E-state index contributed by atoms with van der Waals surface area (Å²) in [5.41, 5.74) is 0.645. The molecule has 0 aliphatic rings. The van der Waals surface area contributed by atoms with Crippen LogP contribution in [0.25, 0.3) is 10.8 Å². The summed E-state index contributed by atoms with van der Waals surface area (Å²) in [5, 5.41) is 10.7. The van der Waals surface area contributed by atoms with Gasteiger partial charge in [0.15, 0.2) is 0 Å². The topological polar surface area (TPSA) is 57.6 Å². The number of carbonyl (C=O) groups excluding carboxylic acids is 1. The van der Waals surface area contributed by atoms with E-state index in [4.69, 9.17) is 0 Å². The number of fused-ring (bicyclic) bond motifs is 1. The maximum absolute atomic E-state index is 12.8. The fraction of sp³-hybridized carbons (Fsp3) is 0.333. The minimum Gasteiger partial charge on any atom is -0.478 e. The zero-order valence-corrected chi connectivity index (χ0v) is 13.0. The number of carbonyl (C=O) groups is 2. The molecule has 0 saturated carbocycles. The molecular weight excluding hydrogens is 278 g/mol. The van der Waals surface area contributed by atoms with E-state index in [1.54, 1.807) is 29.2 Å². The Balaban J connectivity index is 2.59. The smallest absolute Gasteiger partial charge is 0.336 e. The van der Waals surface area contributed by atoms with Gasteiger partial charge in [0.05, 0.1) is 5.56 Å². The molecule has 116 valence electrons. The summed E-state index contributed by atoms with van der Waals surface area (Å²) in [4.78, 5) is 26.1. The van der Waals surface area contributed by atoms with Crippen LogP contribution < -0.4 is 0 Å². The molecule has 0 atom stereocenters. The quantitative estimate of drug-likeness (QED) is 0.882. The first-order valence-electron chi connectivity index (χ1n) is 7.64. The van der Waals surface area contributed by atoms with Crippen LogP contribution in [-0.2, 0) is 0 Å². The molecule has 0 saturated heterocycles. The number of benzene rings is 2. The van der Waals surface area contributed by atoms with E-state index < -0.39 is 5.97 Å². The van der Waals surface area contributed by atoms with Gasteiger partial charge >= 0.3 is 5.97 Å². The van der Waals surface area contributed by atoms with Crippen LogP contribution in [-0.4, -0.2) is 35.0 Å². The third-order valence-corrected chi connectivity index (χ3v) is 3.64. The van der Waals surface area contributed by atoms with E-state index in [2.05, 4.69) is 0 Å². The number of hydrogen-bond donors (Lipinski definition) is 1. The zero-order valence-electron chi connectivity index (χ0n) is 13.0. The van der Waals surface area contributed by atoms with Gasteiger partial charge in [0.25, 0.3) is 5.91 Å². The number of nitrogens with zero attached hydrogens (tertiary/aromatic N) is 1. The van der Waals surface area contributed by atoms with E-state index in [0.29, 0.717) is 24.0 Å². The molecule has 0 bridgehead atoms. The molecule has 2 aromatic carbocycles. The molecule has 0 aromatic heterocycles. The molecular formula is C18H21NO3. The van der Waals surface area contributed by atoms with Crippen molar-refractivity contribution in [1.29, 1.82) is 0 Å². The first kappa shape index (κ1) is 16.0. The van der Waals surface area contributed by atoms with Crippen molar-refractivity contribution in [2.45, 2.75) is 26.7 Å². The minimum absolute atomic E-state index is 0.0944. The number of amides is 1. The van der Waals surface area contributed by atoms with Crippen molar-refractivity contribution >= 4 is 22.6 Å². The van der Waals surface area contributed by atoms with E-state index >= 15 is 0 Å². The fourth-order valence-corrected chi connectivity index (χ4v) is 2.72. The number of rotatable bonds is 6. The summed E-state index contributed by atoms with van der Waals surface area (Å²) < 4.78 is 0. The van der Waals surface area contributed by atoms with E-state index in [1.165, 1.54) is 0 Å². The Kier molecular flexibility index (Phi) is 5.15. The summed E-state index contributed by atoms with van der Waals surface area (Å²) >= 11 is 0. The van der Waals surface area contributed by atoms with E-state index in [-0.39, 0.29) is 11.5 Å². The van der Waals surface area contributed by atoms with Gasteiger partial charge in [0.1, 0.15) is 0 Å². The highest BCUT2D eigenvalue weighted by Gasteiger charge is 2.20. The summed E-state index contributed by atoms with van der Waals surface area (Å²) in [6.07, 6.45) is 1.75. The molecule has 0 aliphatic heterocycles. The molecule has 1 amide bonds. The molecule has 2 rings (SSSR count). The molecule has 4 nitrogen and oxygen atoms in total. The van der Waals surface area contributed by atoms with Crippen molar-refractivity contribution in [2.75, 3.05) is 13.1 Å². The van der Waals surface area contributed by atoms with Crippen molar-refractivity contribution < 1.29 is 14.7 Å². The van der Waals surface area contributed by atoms with Crippen LogP contribution in [0.5, 0.6) is 0 Å². The standard InChI is InChI=1S/C18H21NO3/c1-3-11-19(12-4-2)17(20)14-9-5-7-13-8-6-10-15(16(13)14)18(21)22/h5-10H,3-4,11-12H2,1-2H3,(H,21,22). The second kappa shape index (κ2) is 7.07. The third-order valence-electron chi connectivity index (χ3n) is 3.64. The molecule has 22 heavy (non-hydrogen) atoms. The molecule has 0 radical (unpaired) electrons. The second-order valence-electron chi connectivity index (χ2n) is 5.31. The van der Waals surface area contributed by atoms with Crippen molar-refractivity contribution in [3.05, 3.63) is 47.5 Å². The highest BCUT2D eigenvalue weighted by molar-refractivity contribution is 6.14. The summed E-state index contributed by atoms with van der Waals surface area (Å²) in [5.74, 6) is -1.11. The van der Waals surface area contributed by atoms with Gasteiger partial charge in [-0.2, -0.15) is 0 Å². The zero-order chi connectivity index (χ0) is 16.1. The highest BCUT2D eigenvalue weighted by Crippen LogP contribution is 2.24. The van der Waals surface area contributed by atoms with Crippen LogP contribution in [0.4, 0.5) is 0 Å². The van der Waals surface area contributed by atoms with Crippen LogP contribution in [0.2, 0.25) is 0 Å². The third kappa shape index (κ3) is 3.11. The SMILES string of the molecule is CCCN(CCC)C(=O)c1cccc2cccc(C(=O)O)c12. The Labute approximate surface area is 130 Å². The largest absolute Gasteiger partial charge is 0.478 e. The van der Waals surface area contributed by atoms with E-state index in [9.17, 15) is 14.7 Å². The van der Waals surface area contributed by atoms with Crippen LogP contribution in [0.3, 0.4) is 0 Å². The molecule has 4 heteroatoms. The minimum atomic E-state index is -1.01. The van der Waals surface area contributed by atoms with Gasteiger partial charge in [-0.05, 0) is 30.4 Å². The Bertz CT molecular complexity index is 683. The van der Waals surface area contributed by atoms with Gasteiger partial charge in [-0.25, -0.2) is 4.79 Å². The van der Waals surface area contributed by atoms with Crippen molar-refractivity contribution in [1.82, 2.24) is 4.90 Å². The fourth-order valence-electron chi connectivity index (χ4n) is 2.72. The lowest BCUT2D eigenvalue weighted by atomic mass is 9.98. The van der Waals surface area contributed by atoms with Gasteiger partial charge in [-0.15, -0.1) is 0 Å². The predicted octanol–water partition coefficient (Wildman–Crippen LogP) is 3.80. The van der Waals surface area contributed by atoms with Crippen molar-refractivity contribution in [3.63, 3.8) is 0 Å². The predicted molar refractivity (Wildman–Crippen MR) is 87.4 cm³/mol. The lowest BCUT2D eigenvalue weighted by Crippen LogP contribution is -2.32.